The Morgan fingerprint density at radius 1 is 0.517 bits per heavy atom. The molecule has 0 saturated carbocycles. The number of pyridine rings is 2. The Labute approximate surface area is 334 Å². The first-order valence-electron chi connectivity index (χ1n) is 18.9. The number of aromatic nitrogens is 2. The van der Waals surface area contributed by atoms with E-state index in [9.17, 15) is 19.2 Å². The minimum absolute atomic E-state index is 0.00437. The van der Waals surface area contributed by atoms with E-state index in [-0.39, 0.29) is 85.0 Å². The van der Waals surface area contributed by atoms with Crippen LogP contribution in [0.3, 0.4) is 0 Å². The fourth-order valence-corrected chi connectivity index (χ4v) is 7.47. The highest BCUT2D eigenvalue weighted by Crippen LogP contribution is 2.66. The van der Waals surface area contributed by atoms with Gasteiger partial charge in [0.2, 0.25) is 23.0 Å². The zero-order valence-corrected chi connectivity index (χ0v) is 32.4. The molecule has 0 unspecified atom stereocenters. The first-order chi connectivity index (χ1) is 28.3. The van der Waals surface area contributed by atoms with E-state index in [4.69, 9.17) is 48.4 Å². The molecular weight excluding hydrogens is 745 g/mol. The molecule has 14 nitrogen and oxygen atoms in total. The van der Waals surface area contributed by atoms with Crippen LogP contribution < -0.4 is 0 Å². The number of benzene rings is 2. The van der Waals surface area contributed by atoms with Crippen molar-refractivity contribution in [2.45, 2.75) is 52.0 Å². The molecule has 0 radical (unpaired) electrons. The van der Waals surface area contributed by atoms with Gasteiger partial charge in [-0.3, -0.25) is 9.97 Å². The van der Waals surface area contributed by atoms with Gasteiger partial charge in [-0.1, -0.05) is 72.8 Å². The van der Waals surface area contributed by atoms with Crippen molar-refractivity contribution < 1.29 is 47.6 Å². The van der Waals surface area contributed by atoms with Crippen LogP contribution in [0.1, 0.15) is 49.9 Å². The SMILES string of the molecule is CCOC(=O)C1=C(C(=O)OCC)[C@@]2(OC1=NCc1ccccc1)c1cccnc1-c1ncccc1[C@@]21OC(=NCc2ccccc2)C(C(=O)OCC)=C1C(=O)OCC. The second-order valence-corrected chi connectivity index (χ2v) is 13.0. The maximum Gasteiger partial charge on any atom is 0.344 e. The summed E-state index contributed by atoms with van der Waals surface area (Å²) >= 11 is 0. The maximum atomic E-state index is 14.9. The van der Waals surface area contributed by atoms with E-state index >= 15 is 0 Å². The van der Waals surface area contributed by atoms with Crippen LogP contribution >= 0.6 is 0 Å². The second kappa shape index (κ2) is 16.6. The summed E-state index contributed by atoms with van der Waals surface area (Å²) in [6.45, 7) is 5.99. The lowest BCUT2D eigenvalue weighted by Gasteiger charge is -2.49. The van der Waals surface area contributed by atoms with Gasteiger partial charge < -0.3 is 28.4 Å². The number of esters is 4. The van der Waals surface area contributed by atoms with E-state index in [1.165, 1.54) is 12.4 Å². The van der Waals surface area contributed by atoms with Gasteiger partial charge in [0.15, 0.2) is 0 Å². The van der Waals surface area contributed by atoms with Gasteiger partial charge in [0.25, 0.3) is 0 Å². The number of fused-ring (bicyclic) bond motifs is 6. The smallest absolute Gasteiger partial charge is 0.344 e. The van der Waals surface area contributed by atoms with Gasteiger partial charge in [-0.2, -0.15) is 0 Å². The molecule has 58 heavy (non-hydrogen) atoms. The van der Waals surface area contributed by atoms with Crippen molar-refractivity contribution in [3.63, 3.8) is 0 Å². The highest BCUT2D eigenvalue weighted by Gasteiger charge is 2.76. The first-order valence-corrected chi connectivity index (χ1v) is 18.9. The van der Waals surface area contributed by atoms with Crippen LogP contribution in [-0.4, -0.2) is 72.1 Å². The third-order valence-corrected chi connectivity index (χ3v) is 9.64. The quantitative estimate of drug-likeness (QED) is 0.128. The summed E-state index contributed by atoms with van der Waals surface area (Å²) < 4.78 is 36.8. The number of carbonyl (C=O) groups is 4. The van der Waals surface area contributed by atoms with Crippen molar-refractivity contribution in [3.05, 3.63) is 142 Å². The first kappa shape index (κ1) is 39.3. The average molecular weight is 785 g/mol. The molecule has 4 heterocycles. The van der Waals surface area contributed by atoms with Gasteiger partial charge in [0.05, 0.1) is 50.9 Å². The Balaban J connectivity index is 1.66. The van der Waals surface area contributed by atoms with Crippen molar-refractivity contribution in [2.75, 3.05) is 26.4 Å². The van der Waals surface area contributed by atoms with Gasteiger partial charge in [-0.05, 0) is 51.0 Å². The summed E-state index contributed by atoms with van der Waals surface area (Å²) in [7, 11) is 0. The van der Waals surface area contributed by atoms with Gasteiger partial charge >= 0.3 is 23.9 Å². The van der Waals surface area contributed by atoms with Crippen LogP contribution in [-0.2, 0) is 71.9 Å². The van der Waals surface area contributed by atoms with Gasteiger partial charge in [-0.25, -0.2) is 29.2 Å². The van der Waals surface area contributed by atoms with E-state index in [0.29, 0.717) is 0 Å². The predicted octanol–water partition coefficient (Wildman–Crippen LogP) is 5.65. The molecule has 0 bridgehead atoms. The molecule has 0 N–H and O–H groups in total. The normalized spacial score (nSPS) is 20.4. The Bertz CT molecular complexity index is 2220. The van der Waals surface area contributed by atoms with Crippen molar-refractivity contribution in [3.8, 4) is 11.4 Å². The number of carbonyl (C=O) groups excluding carboxylic acids is 4. The molecule has 0 saturated heterocycles. The Kier molecular flexibility index (Phi) is 11.3. The lowest BCUT2D eigenvalue weighted by Crippen LogP contribution is -2.57. The molecule has 2 aromatic carbocycles. The van der Waals surface area contributed by atoms with Crippen LogP contribution in [0.25, 0.3) is 11.4 Å². The summed E-state index contributed by atoms with van der Waals surface area (Å²) in [6.07, 6.45) is 3.05. The molecule has 2 atom stereocenters. The van der Waals surface area contributed by atoms with Crippen LogP contribution in [0.4, 0.5) is 0 Å². The number of rotatable bonds is 12. The molecule has 3 aliphatic rings. The largest absolute Gasteiger partial charge is 0.462 e. The molecular formula is C44H40N4O10. The molecule has 1 aliphatic carbocycles. The molecule has 296 valence electrons. The fraction of sp³-hybridized carbons (Fsp3) is 0.273. The lowest BCUT2D eigenvalue weighted by molar-refractivity contribution is -0.153. The van der Waals surface area contributed by atoms with Crippen molar-refractivity contribution in [1.82, 2.24) is 9.97 Å². The van der Waals surface area contributed by atoms with Crippen LogP contribution in [0.5, 0.6) is 0 Å². The molecule has 0 fully saturated rings. The van der Waals surface area contributed by atoms with E-state index in [0.717, 1.165) is 11.1 Å². The molecule has 2 spiro atoms. The van der Waals surface area contributed by atoms with Crippen LogP contribution in [0.2, 0.25) is 0 Å². The summed E-state index contributed by atoms with van der Waals surface area (Å²) in [4.78, 5) is 77.4. The highest BCUT2D eigenvalue weighted by molar-refractivity contribution is 6.27. The Morgan fingerprint density at radius 3 is 1.24 bits per heavy atom. The average Bonchev–Trinajstić information content (AvgIpc) is 3.78. The van der Waals surface area contributed by atoms with E-state index < -0.39 is 46.2 Å². The number of hydrogen-bond acceptors (Lipinski definition) is 14. The third-order valence-electron chi connectivity index (χ3n) is 9.64. The van der Waals surface area contributed by atoms with Crippen molar-refractivity contribution in [1.29, 1.82) is 0 Å². The molecule has 0 amide bonds. The van der Waals surface area contributed by atoms with E-state index in [2.05, 4.69) is 0 Å². The molecule has 2 aliphatic heterocycles. The van der Waals surface area contributed by atoms with Gasteiger partial charge in [0, 0.05) is 23.5 Å². The zero-order chi connectivity index (χ0) is 40.9. The Hall–Kier alpha value is -6.96. The minimum atomic E-state index is -2.42. The summed E-state index contributed by atoms with van der Waals surface area (Å²) in [6, 6.07) is 24.8. The topological polar surface area (TPSA) is 174 Å². The minimum Gasteiger partial charge on any atom is -0.462 e. The monoisotopic (exact) mass is 784 g/mol. The third kappa shape index (κ3) is 6.49. The molecule has 4 aromatic rings. The summed E-state index contributed by atoms with van der Waals surface area (Å²) in [5.41, 5.74) is -4.23. The molecule has 7 rings (SSSR count). The summed E-state index contributed by atoms with van der Waals surface area (Å²) in [5, 5.41) is 0. The number of aliphatic imine (C=N–C) groups is 2. The van der Waals surface area contributed by atoms with E-state index in [1.807, 2.05) is 60.7 Å². The highest BCUT2D eigenvalue weighted by atomic mass is 16.6. The predicted molar refractivity (Wildman–Crippen MR) is 209 cm³/mol. The Morgan fingerprint density at radius 2 is 0.879 bits per heavy atom. The van der Waals surface area contributed by atoms with Crippen molar-refractivity contribution in [2.24, 2.45) is 9.98 Å². The van der Waals surface area contributed by atoms with E-state index in [1.54, 1.807) is 52.0 Å². The molecule has 2 aromatic heterocycles. The van der Waals surface area contributed by atoms with Crippen LogP contribution in [0, 0.1) is 0 Å². The number of nitrogens with zero attached hydrogens (tertiary/aromatic N) is 4. The lowest BCUT2D eigenvalue weighted by atomic mass is 9.61. The fourth-order valence-electron chi connectivity index (χ4n) is 7.47. The molecule has 14 heteroatoms. The van der Waals surface area contributed by atoms with Crippen molar-refractivity contribution >= 4 is 35.7 Å². The van der Waals surface area contributed by atoms with Crippen LogP contribution in [0.15, 0.2) is 130 Å². The summed E-state index contributed by atoms with van der Waals surface area (Å²) in [5.74, 6) is -4.59. The number of hydrogen-bond donors (Lipinski definition) is 0. The van der Waals surface area contributed by atoms with Gasteiger partial charge in [-0.15, -0.1) is 0 Å². The number of ether oxygens (including phenoxy) is 6. The maximum absolute atomic E-state index is 14.9. The standard InChI is InChI=1S/C44H40N4O10/c1-5-53-39(49)31-33(41(51)55-7-3)43(57-37(31)47-25-27-17-11-9-12-18-27)29-21-15-23-45-35(29)36-30(22-16-24-46-36)44(43)34(42(52)56-8-4)32(40(50)54-6-2)38(58-44)48-26-28-19-13-10-14-20-28/h9-24H,5-8,25-26H2,1-4H3/t43-,44-/m0/s1. The zero-order valence-electron chi connectivity index (χ0n) is 32.4. The second-order valence-electron chi connectivity index (χ2n) is 13.0. The van der Waals surface area contributed by atoms with Gasteiger partial charge in [0.1, 0.15) is 22.3 Å².